The number of nitrogens with zero attached hydrogens (tertiary/aromatic N) is 5. The minimum absolute atomic E-state index is 0.152. The van der Waals surface area contributed by atoms with Crippen molar-refractivity contribution in [1.29, 1.82) is 0 Å². The average Bonchev–Trinajstić information content (AvgIpc) is 3.40. The van der Waals surface area contributed by atoms with Crippen LogP contribution in [0.15, 0.2) is 21.8 Å². The van der Waals surface area contributed by atoms with Crippen molar-refractivity contribution in [1.82, 2.24) is 25.3 Å². The summed E-state index contributed by atoms with van der Waals surface area (Å²) in [6.07, 6.45) is 2.04. The van der Waals surface area contributed by atoms with Gasteiger partial charge in [-0.2, -0.15) is 4.98 Å². The lowest BCUT2D eigenvalue weighted by Gasteiger charge is -2.28. The largest absolute Gasteiger partial charge is 0.423 e. The van der Waals surface area contributed by atoms with Crippen LogP contribution in [-0.4, -0.2) is 80.0 Å². The topological polar surface area (TPSA) is 96.2 Å². The lowest BCUT2D eigenvalue weighted by Crippen LogP contribution is -2.40. The maximum absolute atomic E-state index is 12.5. The zero-order chi connectivity index (χ0) is 21.4. The standard InChI is InChI=1S/C21H31N7O3/c1-14(12-27-7-9-30-10-8-27)20-24-25-21(31-20)16-13-26(2)28-17(11-18(29)23-19(16)28)15-3-5-22-6-4-15/h11,14-15,22,25H,3-10,12-13H2,1-2H3. The van der Waals surface area contributed by atoms with Gasteiger partial charge in [-0.1, -0.05) is 6.92 Å². The molecule has 5 heterocycles. The first kappa shape index (κ1) is 20.5. The van der Waals surface area contributed by atoms with E-state index in [0.717, 1.165) is 70.0 Å². The van der Waals surface area contributed by atoms with E-state index in [1.165, 1.54) is 0 Å². The van der Waals surface area contributed by atoms with Crippen molar-refractivity contribution in [2.75, 3.05) is 64.5 Å². The average molecular weight is 430 g/mol. The van der Waals surface area contributed by atoms with Crippen LogP contribution in [0.4, 0.5) is 0 Å². The Morgan fingerprint density at radius 1 is 1.26 bits per heavy atom. The van der Waals surface area contributed by atoms with Gasteiger partial charge in [0.1, 0.15) is 0 Å². The second-order valence-corrected chi connectivity index (χ2v) is 8.78. The fourth-order valence-corrected chi connectivity index (χ4v) is 4.85. The quantitative estimate of drug-likeness (QED) is 0.683. The Hall–Kier alpha value is -2.43. The number of hydrogen-bond acceptors (Lipinski definition) is 9. The van der Waals surface area contributed by atoms with E-state index in [-0.39, 0.29) is 11.5 Å². The van der Waals surface area contributed by atoms with Gasteiger partial charge in [0.15, 0.2) is 5.82 Å². The lowest BCUT2D eigenvalue weighted by atomic mass is 9.94. The smallest absolute Gasteiger partial charge is 0.273 e. The molecular formula is C21H31N7O3. The molecule has 0 bridgehead atoms. The molecule has 10 heteroatoms. The summed E-state index contributed by atoms with van der Waals surface area (Å²) in [6.45, 7) is 8.96. The van der Waals surface area contributed by atoms with E-state index in [4.69, 9.17) is 9.47 Å². The lowest BCUT2D eigenvalue weighted by molar-refractivity contribution is 0.0344. The van der Waals surface area contributed by atoms with E-state index >= 15 is 0 Å². The van der Waals surface area contributed by atoms with Gasteiger partial charge in [-0.15, -0.1) is 5.10 Å². The Bertz CT molecular complexity index is 945. The monoisotopic (exact) mass is 429 g/mol. The molecule has 2 fully saturated rings. The number of ether oxygens (including phenoxy) is 2. The molecular weight excluding hydrogens is 398 g/mol. The Balaban J connectivity index is 1.38. The zero-order valence-electron chi connectivity index (χ0n) is 18.3. The van der Waals surface area contributed by atoms with Gasteiger partial charge in [0.25, 0.3) is 5.56 Å². The Morgan fingerprint density at radius 2 is 2.03 bits per heavy atom. The molecule has 5 rings (SSSR count). The molecule has 168 valence electrons. The molecule has 0 aromatic carbocycles. The van der Waals surface area contributed by atoms with Crippen molar-refractivity contribution in [3.8, 4) is 0 Å². The van der Waals surface area contributed by atoms with Crippen molar-refractivity contribution in [2.45, 2.75) is 25.7 Å². The van der Waals surface area contributed by atoms with Crippen molar-refractivity contribution in [2.24, 2.45) is 11.0 Å². The van der Waals surface area contributed by atoms with Gasteiger partial charge < -0.3 is 19.8 Å². The van der Waals surface area contributed by atoms with Crippen LogP contribution in [0.3, 0.4) is 0 Å². The second-order valence-electron chi connectivity index (χ2n) is 8.78. The van der Waals surface area contributed by atoms with Crippen LogP contribution in [0.2, 0.25) is 0 Å². The third-order valence-corrected chi connectivity index (χ3v) is 6.49. The molecule has 31 heavy (non-hydrogen) atoms. The molecule has 1 aromatic heterocycles. The number of piperidine rings is 1. The van der Waals surface area contributed by atoms with E-state index in [1.54, 1.807) is 6.07 Å². The summed E-state index contributed by atoms with van der Waals surface area (Å²) < 4.78 is 13.7. The van der Waals surface area contributed by atoms with Crippen LogP contribution in [0.25, 0.3) is 5.57 Å². The van der Waals surface area contributed by atoms with Crippen molar-refractivity contribution in [3.05, 3.63) is 33.8 Å². The van der Waals surface area contributed by atoms with Gasteiger partial charge in [-0.3, -0.25) is 9.69 Å². The third-order valence-electron chi connectivity index (χ3n) is 6.49. The van der Waals surface area contributed by atoms with E-state index in [2.05, 4.69) is 42.3 Å². The van der Waals surface area contributed by atoms with Crippen LogP contribution >= 0.6 is 0 Å². The van der Waals surface area contributed by atoms with Crippen molar-refractivity contribution in [3.63, 3.8) is 0 Å². The molecule has 2 saturated heterocycles. The Morgan fingerprint density at radius 3 is 2.81 bits per heavy atom. The van der Waals surface area contributed by atoms with E-state index < -0.39 is 0 Å². The summed E-state index contributed by atoms with van der Waals surface area (Å²) in [4.78, 5) is 19.2. The molecule has 4 aliphatic heterocycles. The molecule has 10 nitrogen and oxygen atoms in total. The number of morpholine rings is 1. The number of rotatable bonds is 4. The molecule has 1 aromatic rings. The van der Waals surface area contributed by atoms with E-state index in [1.807, 2.05) is 7.05 Å². The fraction of sp³-hybridized carbons (Fsp3) is 0.667. The second kappa shape index (κ2) is 8.60. The van der Waals surface area contributed by atoms with Crippen LogP contribution in [-0.2, 0) is 9.47 Å². The highest BCUT2D eigenvalue weighted by Gasteiger charge is 2.34. The van der Waals surface area contributed by atoms with Gasteiger partial charge in [-0.25, -0.2) is 10.1 Å². The summed E-state index contributed by atoms with van der Waals surface area (Å²) >= 11 is 0. The molecule has 0 spiro atoms. The number of likely N-dealkylation sites (N-methyl/N-ethyl adjacent to an activating group) is 1. The first-order valence-electron chi connectivity index (χ1n) is 11.2. The van der Waals surface area contributed by atoms with Gasteiger partial charge >= 0.3 is 0 Å². The summed E-state index contributed by atoms with van der Waals surface area (Å²) in [7, 11) is 2.02. The Kier molecular flexibility index (Phi) is 5.68. The third kappa shape index (κ3) is 4.07. The minimum Gasteiger partial charge on any atom is -0.423 e. The predicted octanol–water partition coefficient (Wildman–Crippen LogP) is -0.138. The van der Waals surface area contributed by atoms with Gasteiger partial charge in [0, 0.05) is 44.6 Å². The van der Waals surface area contributed by atoms with Crippen LogP contribution in [0.5, 0.6) is 0 Å². The number of hydrogen-bond donors (Lipinski definition) is 2. The predicted molar refractivity (Wildman–Crippen MR) is 117 cm³/mol. The molecule has 2 N–H and O–H groups in total. The van der Waals surface area contributed by atoms with Gasteiger partial charge in [0.05, 0.1) is 31.0 Å². The molecule has 1 atom stereocenters. The van der Waals surface area contributed by atoms with Gasteiger partial charge in [0.2, 0.25) is 11.8 Å². The summed E-state index contributed by atoms with van der Waals surface area (Å²) in [5.74, 6) is 2.41. The van der Waals surface area contributed by atoms with Crippen molar-refractivity contribution < 1.29 is 9.47 Å². The van der Waals surface area contributed by atoms with Crippen LogP contribution < -0.4 is 21.3 Å². The Labute approximate surface area is 181 Å². The van der Waals surface area contributed by atoms with E-state index in [9.17, 15) is 4.79 Å². The number of fused-ring (bicyclic) bond motifs is 1. The maximum atomic E-state index is 12.5. The molecule has 0 amide bonds. The number of nitrogens with one attached hydrogen (secondary N) is 2. The molecule has 0 radical (unpaired) electrons. The van der Waals surface area contributed by atoms with Crippen LogP contribution in [0.1, 0.15) is 37.2 Å². The summed E-state index contributed by atoms with van der Waals surface area (Å²) in [5.41, 5.74) is 4.76. The molecule has 4 aliphatic rings. The fourth-order valence-electron chi connectivity index (χ4n) is 4.85. The summed E-state index contributed by atoms with van der Waals surface area (Å²) in [6, 6.07) is 1.69. The maximum Gasteiger partial charge on any atom is 0.273 e. The molecule has 0 aliphatic carbocycles. The highest BCUT2D eigenvalue weighted by Crippen LogP contribution is 2.31. The van der Waals surface area contributed by atoms with Crippen LogP contribution in [0, 0.1) is 5.92 Å². The first-order valence-corrected chi connectivity index (χ1v) is 11.2. The van der Waals surface area contributed by atoms with Crippen molar-refractivity contribution >= 4 is 11.5 Å². The summed E-state index contributed by atoms with van der Waals surface area (Å²) in [5, 5.41) is 9.94. The number of aromatic nitrogens is 2. The van der Waals surface area contributed by atoms with E-state index in [0.29, 0.717) is 30.1 Å². The van der Waals surface area contributed by atoms with Gasteiger partial charge in [-0.05, 0) is 25.9 Å². The minimum atomic E-state index is -0.201. The highest BCUT2D eigenvalue weighted by atomic mass is 16.5. The first-order chi connectivity index (χ1) is 15.1. The number of hydrazone groups is 1. The molecule has 1 unspecified atom stereocenters. The normalized spacial score (nSPS) is 25.7. The molecule has 0 saturated carbocycles. The zero-order valence-corrected chi connectivity index (χ0v) is 18.3. The SMILES string of the molecule is CC(CN1CCOCC1)C1=NNC(=C2CN(C)n3c(C4CCNCC4)cc(=O)nc32)O1. The highest BCUT2D eigenvalue weighted by molar-refractivity contribution is 5.83.